The lowest BCUT2D eigenvalue weighted by Crippen LogP contribution is -2.13. The summed E-state index contributed by atoms with van der Waals surface area (Å²) < 4.78 is 5.60. The smallest absolute Gasteiger partial charge is 0.266 e. The number of hydrogen-bond acceptors (Lipinski definition) is 3. The van der Waals surface area contributed by atoms with Gasteiger partial charge in [0.2, 0.25) is 0 Å². The minimum Gasteiger partial charge on any atom is -0.494 e. The van der Waals surface area contributed by atoms with E-state index in [1.54, 1.807) is 18.2 Å². The number of hydrogen-bond donors (Lipinski definition) is 1. The van der Waals surface area contributed by atoms with Crippen LogP contribution in [0.5, 0.6) is 5.75 Å². The first-order chi connectivity index (χ1) is 13.0. The van der Waals surface area contributed by atoms with E-state index in [1.165, 1.54) is 5.56 Å². The third kappa shape index (κ3) is 6.31. The van der Waals surface area contributed by atoms with Crippen molar-refractivity contribution in [1.82, 2.24) is 0 Å². The standard InChI is InChI=1S/C23H26N2O2/c1-4-5-14-27-22-12-10-21(11-13-22)25-23(26)20(16-24)15-18-6-8-19(9-7-18)17(2)3/h6-13,15,17H,4-5,14H2,1-3H3,(H,25,26)/b20-15+. The van der Waals surface area contributed by atoms with Crippen molar-refractivity contribution in [2.45, 2.75) is 39.5 Å². The van der Waals surface area contributed by atoms with Crippen molar-refractivity contribution in [3.8, 4) is 11.8 Å². The number of nitrogens with zero attached hydrogens (tertiary/aromatic N) is 1. The zero-order chi connectivity index (χ0) is 19.6. The number of ether oxygens (including phenoxy) is 1. The molecule has 2 rings (SSSR count). The van der Waals surface area contributed by atoms with E-state index >= 15 is 0 Å². The minimum atomic E-state index is -0.426. The lowest BCUT2D eigenvalue weighted by Gasteiger charge is -2.08. The molecule has 2 aromatic rings. The Morgan fingerprint density at radius 3 is 2.37 bits per heavy atom. The lowest BCUT2D eigenvalue weighted by molar-refractivity contribution is -0.112. The number of rotatable bonds is 8. The molecular formula is C23H26N2O2. The number of carbonyl (C=O) groups is 1. The SMILES string of the molecule is CCCCOc1ccc(NC(=O)/C(C#N)=C/c2ccc(C(C)C)cc2)cc1. The van der Waals surface area contributed by atoms with Crippen molar-refractivity contribution < 1.29 is 9.53 Å². The molecule has 4 nitrogen and oxygen atoms in total. The molecule has 0 aliphatic heterocycles. The highest BCUT2D eigenvalue weighted by molar-refractivity contribution is 6.09. The molecule has 2 aromatic carbocycles. The summed E-state index contributed by atoms with van der Waals surface area (Å²) in [5, 5.41) is 12.1. The second-order valence-corrected chi connectivity index (χ2v) is 6.67. The van der Waals surface area contributed by atoms with Crippen molar-refractivity contribution in [3.05, 3.63) is 65.2 Å². The Morgan fingerprint density at radius 1 is 1.15 bits per heavy atom. The van der Waals surface area contributed by atoms with Crippen molar-refractivity contribution >= 4 is 17.7 Å². The monoisotopic (exact) mass is 362 g/mol. The molecule has 0 fully saturated rings. The molecule has 0 heterocycles. The number of benzene rings is 2. The molecule has 0 bridgehead atoms. The van der Waals surface area contributed by atoms with E-state index in [2.05, 4.69) is 26.1 Å². The summed E-state index contributed by atoms with van der Waals surface area (Å²) in [6, 6.07) is 17.0. The predicted octanol–water partition coefficient (Wildman–Crippen LogP) is 5.53. The van der Waals surface area contributed by atoms with E-state index in [0.717, 1.165) is 24.2 Å². The summed E-state index contributed by atoms with van der Waals surface area (Å²) in [5.74, 6) is 0.781. The summed E-state index contributed by atoms with van der Waals surface area (Å²) in [6.07, 6.45) is 3.69. The molecule has 0 radical (unpaired) electrons. The fourth-order valence-corrected chi connectivity index (χ4v) is 2.46. The van der Waals surface area contributed by atoms with Crippen molar-refractivity contribution in [1.29, 1.82) is 5.26 Å². The predicted molar refractivity (Wildman–Crippen MR) is 110 cm³/mol. The molecule has 0 saturated heterocycles. The maximum absolute atomic E-state index is 12.4. The average molecular weight is 362 g/mol. The van der Waals surface area contributed by atoms with Gasteiger partial charge in [-0.25, -0.2) is 0 Å². The number of nitrogens with one attached hydrogen (secondary N) is 1. The second kappa shape index (κ2) is 10.2. The van der Waals surface area contributed by atoms with E-state index in [1.807, 2.05) is 42.5 Å². The zero-order valence-electron chi connectivity index (χ0n) is 16.2. The van der Waals surface area contributed by atoms with Gasteiger partial charge in [0.15, 0.2) is 0 Å². The summed E-state index contributed by atoms with van der Waals surface area (Å²) in [6.45, 7) is 7.04. The summed E-state index contributed by atoms with van der Waals surface area (Å²) in [4.78, 5) is 12.4. The van der Waals surface area contributed by atoms with E-state index in [4.69, 9.17) is 4.74 Å². The van der Waals surface area contributed by atoms with Crippen LogP contribution >= 0.6 is 0 Å². The second-order valence-electron chi connectivity index (χ2n) is 6.67. The Hall–Kier alpha value is -3.06. The topological polar surface area (TPSA) is 62.1 Å². The molecule has 0 saturated carbocycles. The summed E-state index contributed by atoms with van der Waals surface area (Å²) in [7, 11) is 0. The molecule has 4 heteroatoms. The van der Waals surface area contributed by atoms with Crippen LogP contribution in [0, 0.1) is 11.3 Å². The number of nitriles is 1. The van der Waals surface area contributed by atoms with Crippen molar-refractivity contribution in [3.63, 3.8) is 0 Å². The van der Waals surface area contributed by atoms with Crippen molar-refractivity contribution in [2.24, 2.45) is 0 Å². The number of unbranched alkanes of at least 4 members (excludes halogenated alkanes) is 1. The highest BCUT2D eigenvalue weighted by Gasteiger charge is 2.10. The van der Waals surface area contributed by atoms with Crippen LogP contribution in [0.25, 0.3) is 6.08 Å². The zero-order valence-corrected chi connectivity index (χ0v) is 16.2. The van der Waals surface area contributed by atoms with Gasteiger partial charge in [0.05, 0.1) is 6.61 Å². The average Bonchev–Trinajstić information content (AvgIpc) is 2.68. The molecule has 27 heavy (non-hydrogen) atoms. The number of carbonyl (C=O) groups excluding carboxylic acids is 1. The number of anilines is 1. The first-order valence-electron chi connectivity index (χ1n) is 9.29. The Bertz CT molecular complexity index is 813. The first kappa shape index (κ1) is 20.3. The fourth-order valence-electron chi connectivity index (χ4n) is 2.46. The molecule has 1 N–H and O–H groups in total. The Balaban J connectivity index is 2.03. The normalized spacial score (nSPS) is 11.1. The maximum Gasteiger partial charge on any atom is 0.266 e. The Morgan fingerprint density at radius 2 is 1.81 bits per heavy atom. The van der Waals surface area contributed by atoms with E-state index in [-0.39, 0.29) is 5.57 Å². The van der Waals surface area contributed by atoms with Gasteiger partial charge in [-0.05, 0) is 53.8 Å². The summed E-state index contributed by atoms with van der Waals surface area (Å²) >= 11 is 0. The molecule has 0 aromatic heterocycles. The third-order valence-corrected chi connectivity index (χ3v) is 4.16. The Labute approximate surface area is 161 Å². The van der Waals surface area contributed by atoms with Crippen LogP contribution < -0.4 is 10.1 Å². The van der Waals surface area contributed by atoms with Gasteiger partial charge in [-0.2, -0.15) is 5.26 Å². The molecule has 0 aliphatic carbocycles. The molecule has 140 valence electrons. The van der Waals surface area contributed by atoms with Gasteiger partial charge >= 0.3 is 0 Å². The van der Waals surface area contributed by atoms with Gasteiger partial charge in [-0.15, -0.1) is 0 Å². The van der Waals surface area contributed by atoms with Gasteiger partial charge in [-0.3, -0.25) is 4.79 Å². The van der Waals surface area contributed by atoms with Crippen LogP contribution in [0.2, 0.25) is 0 Å². The molecule has 0 atom stereocenters. The van der Waals surface area contributed by atoms with Crippen LogP contribution in [-0.2, 0) is 4.79 Å². The minimum absolute atomic E-state index is 0.0653. The van der Waals surface area contributed by atoms with Crippen LogP contribution in [0.3, 0.4) is 0 Å². The van der Waals surface area contributed by atoms with Crippen LogP contribution in [0.1, 0.15) is 50.7 Å². The largest absolute Gasteiger partial charge is 0.494 e. The lowest BCUT2D eigenvalue weighted by atomic mass is 10.0. The molecule has 0 spiro atoms. The Kier molecular flexibility index (Phi) is 7.63. The molecular weight excluding hydrogens is 336 g/mol. The van der Waals surface area contributed by atoms with Gasteiger partial charge in [-0.1, -0.05) is 51.5 Å². The van der Waals surface area contributed by atoms with E-state index in [9.17, 15) is 10.1 Å². The van der Waals surface area contributed by atoms with Gasteiger partial charge < -0.3 is 10.1 Å². The highest BCUT2D eigenvalue weighted by atomic mass is 16.5. The van der Waals surface area contributed by atoms with Crippen LogP contribution in [0.4, 0.5) is 5.69 Å². The first-order valence-corrected chi connectivity index (χ1v) is 9.29. The van der Waals surface area contributed by atoms with Gasteiger partial charge in [0.25, 0.3) is 5.91 Å². The molecule has 0 unspecified atom stereocenters. The number of amides is 1. The van der Waals surface area contributed by atoms with E-state index < -0.39 is 5.91 Å². The maximum atomic E-state index is 12.4. The molecule has 0 aliphatic rings. The van der Waals surface area contributed by atoms with Crippen LogP contribution in [-0.4, -0.2) is 12.5 Å². The fraction of sp³-hybridized carbons (Fsp3) is 0.304. The summed E-state index contributed by atoms with van der Waals surface area (Å²) in [5.41, 5.74) is 2.73. The van der Waals surface area contributed by atoms with Gasteiger partial charge in [0, 0.05) is 5.69 Å². The highest BCUT2D eigenvalue weighted by Crippen LogP contribution is 2.18. The van der Waals surface area contributed by atoms with Crippen LogP contribution in [0.15, 0.2) is 54.1 Å². The van der Waals surface area contributed by atoms with Gasteiger partial charge in [0.1, 0.15) is 17.4 Å². The van der Waals surface area contributed by atoms with Crippen molar-refractivity contribution in [2.75, 3.05) is 11.9 Å². The molecule has 1 amide bonds. The third-order valence-electron chi connectivity index (χ3n) is 4.16. The van der Waals surface area contributed by atoms with E-state index in [0.29, 0.717) is 18.2 Å². The quantitative estimate of drug-likeness (QED) is 0.381.